The molecular formula is C30H35Cl2N3O6S. The largest absolute Gasteiger partial charge is 0.493 e. The number of sulfonamides is 1. The smallest absolute Gasteiger partial charge is 0.244 e. The summed E-state index contributed by atoms with van der Waals surface area (Å²) in [6, 6.07) is 17.5. The van der Waals surface area contributed by atoms with Crippen molar-refractivity contribution in [3.05, 3.63) is 87.9 Å². The van der Waals surface area contributed by atoms with Gasteiger partial charge in [-0.3, -0.25) is 13.9 Å². The highest BCUT2D eigenvalue weighted by Crippen LogP contribution is 2.33. The van der Waals surface area contributed by atoms with Crippen molar-refractivity contribution in [3.8, 4) is 11.5 Å². The number of nitrogens with one attached hydrogen (secondary N) is 1. The van der Waals surface area contributed by atoms with E-state index in [0.29, 0.717) is 21.4 Å². The molecule has 0 saturated carbocycles. The standard InChI is InChI=1S/C30H35Cl2N3O6S/c1-20(2)33-30(37)26(16-21-10-7-6-8-11-21)34(18-23-24(31)12-9-13-25(23)32)29(36)19-35(42(5,38)39)22-14-15-27(40-3)28(17-22)41-4/h6-15,17,20,26H,16,18-19H2,1-5H3,(H,33,37). The van der Waals surface area contributed by atoms with Gasteiger partial charge in [0.05, 0.1) is 26.2 Å². The van der Waals surface area contributed by atoms with E-state index in [1.54, 1.807) is 24.3 Å². The fourth-order valence-corrected chi connectivity index (χ4v) is 5.74. The van der Waals surface area contributed by atoms with Crippen molar-refractivity contribution in [2.24, 2.45) is 0 Å². The molecule has 0 spiro atoms. The Kier molecular flexibility index (Phi) is 11.5. The number of rotatable bonds is 13. The molecule has 0 saturated heterocycles. The lowest BCUT2D eigenvalue weighted by molar-refractivity contribution is -0.140. The van der Waals surface area contributed by atoms with Crippen LogP contribution in [-0.4, -0.2) is 64.2 Å². The lowest BCUT2D eigenvalue weighted by Crippen LogP contribution is -2.54. The average molecular weight is 637 g/mol. The van der Waals surface area contributed by atoms with Gasteiger partial charge < -0.3 is 19.7 Å². The Morgan fingerprint density at radius 2 is 1.52 bits per heavy atom. The van der Waals surface area contributed by atoms with Gasteiger partial charge in [-0.05, 0) is 43.7 Å². The fourth-order valence-electron chi connectivity index (χ4n) is 4.38. The van der Waals surface area contributed by atoms with Crippen molar-refractivity contribution in [3.63, 3.8) is 0 Å². The zero-order chi connectivity index (χ0) is 31.0. The van der Waals surface area contributed by atoms with Gasteiger partial charge in [-0.2, -0.15) is 0 Å². The summed E-state index contributed by atoms with van der Waals surface area (Å²) in [7, 11) is -1.08. The minimum absolute atomic E-state index is 0.135. The van der Waals surface area contributed by atoms with Gasteiger partial charge in [0.15, 0.2) is 11.5 Å². The molecule has 0 aliphatic heterocycles. The van der Waals surface area contributed by atoms with Crippen molar-refractivity contribution in [2.45, 2.75) is 38.9 Å². The van der Waals surface area contributed by atoms with E-state index in [2.05, 4.69) is 5.32 Å². The molecule has 0 bridgehead atoms. The van der Waals surface area contributed by atoms with Crippen LogP contribution in [0.1, 0.15) is 25.0 Å². The summed E-state index contributed by atoms with van der Waals surface area (Å²) >= 11 is 13.0. The Labute approximate surface area is 257 Å². The van der Waals surface area contributed by atoms with Gasteiger partial charge in [0.25, 0.3) is 0 Å². The number of carbonyl (C=O) groups is 2. The average Bonchev–Trinajstić information content (AvgIpc) is 2.94. The molecule has 1 N–H and O–H groups in total. The Morgan fingerprint density at radius 3 is 2.07 bits per heavy atom. The van der Waals surface area contributed by atoms with Crippen LogP contribution in [0.15, 0.2) is 66.7 Å². The second-order valence-electron chi connectivity index (χ2n) is 9.90. The monoisotopic (exact) mass is 635 g/mol. The second kappa shape index (κ2) is 14.6. The first-order chi connectivity index (χ1) is 19.8. The number of ether oxygens (including phenoxy) is 2. The van der Waals surface area contributed by atoms with Gasteiger partial charge >= 0.3 is 0 Å². The van der Waals surface area contributed by atoms with Crippen LogP contribution in [-0.2, 0) is 32.6 Å². The van der Waals surface area contributed by atoms with Crippen LogP contribution >= 0.6 is 23.2 Å². The summed E-state index contributed by atoms with van der Waals surface area (Å²) in [4.78, 5) is 29.2. The second-order valence-corrected chi connectivity index (χ2v) is 12.6. The molecule has 42 heavy (non-hydrogen) atoms. The molecule has 12 heteroatoms. The van der Waals surface area contributed by atoms with Crippen LogP contribution in [0, 0.1) is 0 Å². The van der Waals surface area contributed by atoms with E-state index < -0.39 is 34.4 Å². The summed E-state index contributed by atoms with van der Waals surface area (Å²) in [6.07, 6.45) is 1.17. The predicted molar refractivity (Wildman–Crippen MR) is 166 cm³/mol. The molecule has 0 fully saturated rings. The number of nitrogens with zero attached hydrogens (tertiary/aromatic N) is 2. The maximum absolute atomic E-state index is 14.2. The minimum atomic E-state index is -3.97. The lowest BCUT2D eigenvalue weighted by atomic mass is 10.0. The first kappa shape index (κ1) is 33.0. The van der Waals surface area contributed by atoms with Gasteiger partial charge in [-0.1, -0.05) is 59.6 Å². The van der Waals surface area contributed by atoms with Gasteiger partial charge in [0.2, 0.25) is 21.8 Å². The summed E-state index contributed by atoms with van der Waals surface area (Å²) in [5.41, 5.74) is 1.43. The number of halogens is 2. The van der Waals surface area contributed by atoms with E-state index in [0.717, 1.165) is 16.1 Å². The van der Waals surface area contributed by atoms with E-state index in [9.17, 15) is 18.0 Å². The highest BCUT2D eigenvalue weighted by molar-refractivity contribution is 7.92. The highest BCUT2D eigenvalue weighted by atomic mass is 35.5. The summed E-state index contributed by atoms with van der Waals surface area (Å²) in [6.45, 7) is 2.90. The molecule has 0 aliphatic rings. The van der Waals surface area contributed by atoms with Crippen LogP contribution in [0.4, 0.5) is 5.69 Å². The SMILES string of the molecule is COc1ccc(N(CC(=O)N(Cc2c(Cl)cccc2Cl)C(Cc2ccccc2)C(=O)NC(C)C)S(C)(=O)=O)cc1OC. The molecule has 2 amide bonds. The van der Waals surface area contributed by atoms with E-state index in [1.807, 2.05) is 44.2 Å². The molecule has 3 rings (SSSR count). The first-order valence-corrected chi connectivity index (χ1v) is 15.7. The van der Waals surface area contributed by atoms with Gasteiger partial charge in [0.1, 0.15) is 12.6 Å². The molecule has 1 unspecified atom stereocenters. The van der Waals surface area contributed by atoms with Crippen LogP contribution in [0.2, 0.25) is 10.0 Å². The van der Waals surface area contributed by atoms with E-state index in [1.165, 1.54) is 31.3 Å². The molecule has 3 aromatic carbocycles. The lowest BCUT2D eigenvalue weighted by Gasteiger charge is -2.34. The third-order valence-corrected chi connectivity index (χ3v) is 8.28. The molecule has 0 aliphatic carbocycles. The zero-order valence-corrected chi connectivity index (χ0v) is 26.5. The molecule has 9 nitrogen and oxygen atoms in total. The number of carbonyl (C=O) groups excluding carboxylic acids is 2. The zero-order valence-electron chi connectivity index (χ0n) is 24.1. The van der Waals surface area contributed by atoms with E-state index >= 15 is 0 Å². The molecule has 226 valence electrons. The Hall–Kier alpha value is -3.47. The Morgan fingerprint density at radius 1 is 0.905 bits per heavy atom. The van der Waals surface area contributed by atoms with Crippen molar-refractivity contribution in [1.82, 2.24) is 10.2 Å². The third kappa shape index (κ3) is 8.53. The van der Waals surface area contributed by atoms with Crippen molar-refractivity contribution in [1.29, 1.82) is 0 Å². The number of benzene rings is 3. The normalized spacial score (nSPS) is 12.0. The number of hydrogen-bond donors (Lipinski definition) is 1. The maximum atomic E-state index is 14.2. The van der Waals surface area contributed by atoms with Gasteiger partial charge in [0, 0.05) is 40.7 Å². The highest BCUT2D eigenvalue weighted by Gasteiger charge is 2.34. The number of amides is 2. The number of anilines is 1. The fraction of sp³-hybridized carbons (Fsp3) is 0.333. The summed E-state index contributed by atoms with van der Waals surface area (Å²) in [5.74, 6) is -0.355. The quantitative estimate of drug-likeness (QED) is 0.285. The number of hydrogen-bond acceptors (Lipinski definition) is 6. The Bertz CT molecular complexity index is 1480. The van der Waals surface area contributed by atoms with Gasteiger partial charge in [-0.25, -0.2) is 8.42 Å². The molecule has 0 aromatic heterocycles. The van der Waals surface area contributed by atoms with E-state index in [4.69, 9.17) is 32.7 Å². The van der Waals surface area contributed by atoms with Crippen LogP contribution in [0.25, 0.3) is 0 Å². The van der Waals surface area contributed by atoms with Crippen molar-refractivity contribution < 1.29 is 27.5 Å². The maximum Gasteiger partial charge on any atom is 0.244 e. The summed E-state index contributed by atoms with van der Waals surface area (Å²) < 4.78 is 37.6. The summed E-state index contributed by atoms with van der Waals surface area (Å²) in [5, 5.41) is 3.51. The van der Waals surface area contributed by atoms with Crippen LogP contribution in [0.5, 0.6) is 11.5 Å². The number of methoxy groups -OCH3 is 2. The van der Waals surface area contributed by atoms with E-state index in [-0.39, 0.29) is 30.4 Å². The molecule has 0 heterocycles. The minimum Gasteiger partial charge on any atom is -0.493 e. The first-order valence-electron chi connectivity index (χ1n) is 13.1. The van der Waals surface area contributed by atoms with Crippen molar-refractivity contribution >= 4 is 50.7 Å². The topological polar surface area (TPSA) is 105 Å². The van der Waals surface area contributed by atoms with Crippen LogP contribution in [0.3, 0.4) is 0 Å². The van der Waals surface area contributed by atoms with Crippen LogP contribution < -0.4 is 19.1 Å². The molecule has 3 aromatic rings. The molecule has 0 radical (unpaired) electrons. The molecule has 1 atom stereocenters. The predicted octanol–water partition coefficient (Wildman–Crippen LogP) is 4.94. The molecular weight excluding hydrogens is 601 g/mol. The van der Waals surface area contributed by atoms with Crippen molar-refractivity contribution in [2.75, 3.05) is 31.3 Å². The Balaban J connectivity index is 2.12. The third-order valence-electron chi connectivity index (χ3n) is 6.43. The van der Waals surface area contributed by atoms with Gasteiger partial charge in [-0.15, -0.1) is 0 Å².